The molecule has 1 fully saturated rings. The molecule has 1 aromatic heterocycles. The normalized spacial score (nSPS) is 15.2. The van der Waals surface area contributed by atoms with Crippen LogP contribution < -0.4 is 0 Å². The number of carbonyl (C=O) groups excluding carboxylic acids is 1. The summed E-state index contributed by atoms with van der Waals surface area (Å²) < 4.78 is 17.6. The number of nitrogens with zero attached hydrogens (tertiary/aromatic N) is 1. The van der Waals surface area contributed by atoms with Gasteiger partial charge in [0.2, 0.25) is 5.95 Å². The van der Waals surface area contributed by atoms with Crippen LogP contribution in [0.2, 0.25) is 0 Å². The molecule has 0 unspecified atom stereocenters. The number of ether oxygens (including phenoxy) is 1. The highest BCUT2D eigenvalue weighted by molar-refractivity contribution is 5.89. The van der Waals surface area contributed by atoms with Crippen molar-refractivity contribution in [3.8, 4) is 0 Å². The van der Waals surface area contributed by atoms with E-state index < -0.39 is 11.9 Å². The van der Waals surface area contributed by atoms with E-state index in [0.717, 1.165) is 18.9 Å². The van der Waals surface area contributed by atoms with Gasteiger partial charge in [-0.2, -0.15) is 4.39 Å². The van der Waals surface area contributed by atoms with Gasteiger partial charge in [-0.25, -0.2) is 9.78 Å². The molecule has 0 atom stereocenters. The van der Waals surface area contributed by atoms with Crippen molar-refractivity contribution in [1.29, 1.82) is 0 Å². The van der Waals surface area contributed by atoms with Crippen molar-refractivity contribution in [1.82, 2.24) is 4.98 Å². The third kappa shape index (κ3) is 2.28. The Kier molecular flexibility index (Phi) is 2.43. The Hall–Kier alpha value is -1.45. The lowest BCUT2D eigenvalue weighted by atomic mass is 10.3. The highest BCUT2D eigenvalue weighted by Gasteiger charge is 2.23. The quantitative estimate of drug-likeness (QED) is 0.545. The number of carbonyl (C=O) groups is 1. The topological polar surface area (TPSA) is 39.2 Å². The van der Waals surface area contributed by atoms with Crippen LogP contribution in [0.5, 0.6) is 0 Å². The number of rotatable bonds is 3. The van der Waals surface area contributed by atoms with Crippen LogP contribution in [-0.2, 0) is 4.74 Å². The first-order valence-electron chi connectivity index (χ1n) is 4.54. The first-order chi connectivity index (χ1) is 6.75. The van der Waals surface area contributed by atoms with Crippen LogP contribution in [0.1, 0.15) is 23.2 Å². The Morgan fingerprint density at radius 1 is 1.64 bits per heavy atom. The van der Waals surface area contributed by atoms with Crippen molar-refractivity contribution >= 4 is 5.97 Å². The molecule has 0 aliphatic heterocycles. The molecule has 1 aromatic rings. The zero-order valence-corrected chi connectivity index (χ0v) is 7.57. The standard InChI is InChI=1S/C10H10FNO2/c11-9-5-8(3-4-12-9)10(13)14-6-7-1-2-7/h3-5,7H,1-2,6H2. The Balaban J connectivity index is 1.95. The summed E-state index contributed by atoms with van der Waals surface area (Å²) in [4.78, 5) is 14.7. The van der Waals surface area contributed by atoms with Gasteiger partial charge in [-0.3, -0.25) is 0 Å². The molecule has 1 aliphatic carbocycles. The Morgan fingerprint density at radius 3 is 3.07 bits per heavy atom. The number of esters is 1. The molecule has 0 amide bonds. The third-order valence-electron chi connectivity index (χ3n) is 2.11. The molecular formula is C10H10FNO2. The zero-order valence-electron chi connectivity index (χ0n) is 7.57. The van der Waals surface area contributed by atoms with E-state index in [1.807, 2.05) is 0 Å². The van der Waals surface area contributed by atoms with E-state index in [0.29, 0.717) is 12.5 Å². The van der Waals surface area contributed by atoms with Crippen molar-refractivity contribution in [2.75, 3.05) is 6.61 Å². The van der Waals surface area contributed by atoms with Crippen molar-refractivity contribution in [3.63, 3.8) is 0 Å². The SMILES string of the molecule is O=C(OCC1CC1)c1ccnc(F)c1. The maximum absolute atomic E-state index is 12.6. The highest BCUT2D eigenvalue weighted by Crippen LogP contribution is 2.29. The fourth-order valence-electron chi connectivity index (χ4n) is 1.09. The van der Waals surface area contributed by atoms with E-state index in [4.69, 9.17) is 4.74 Å². The predicted octanol–water partition coefficient (Wildman–Crippen LogP) is 1.79. The van der Waals surface area contributed by atoms with Crippen molar-refractivity contribution < 1.29 is 13.9 Å². The molecule has 2 rings (SSSR count). The van der Waals surface area contributed by atoms with Gasteiger partial charge in [0, 0.05) is 12.3 Å². The van der Waals surface area contributed by atoms with E-state index in [1.54, 1.807) is 0 Å². The second-order valence-electron chi connectivity index (χ2n) is 3.41. The number of pyridine rings is 1. The molecule has 14 heavy (non-hydrogen) atoms. The average Bonchev–Trinajstić information content (AvgIpc) is 2.97. The Labute approximate surface area is 80.9 Å². The van der Waals surface area contributed by atoms with Gasteiger partial charge >= 0.3 is 5.97 Å². The summed E-state index contributed by atoms with van der Waals surface area (Å²) in [5, 5.41) is 0. The summed E-state index contributed by atoms with van der Waals surface area (Å²) in [6.07, 6.45) is 3.50. The lowest BCUT2D eigenvalue weighted by Crippen LogP contribution is -2.08. The van der Waals surface area contributed by atoms with Gasteiger partial charge in [0.25, 0.3) is 0 Å². The Bertz CT molecular complexity index is 350. The number of aromatic nitrogens is 1. The number of hydrogen-bond donors (Lipinski definition) is 0. The molecule has 1 saturated carbocycles. The van der Waals surface area contributed by atoms with Gasteiger partial charge in [-0.1, -0.05) is 0 Å². The summed E-state index contributed by atoms with van der Waals surface area (Å²) in [7, 11) is 0. The fourth-order valence-corrected chi connectivity index (χ4v) is 1.09. The first kappa shape index (κ1) is 9.12. The number of halogens is 1. The lowest BCUT2D eigenvalue weighted by molar-refractivity contribution is 0.0485. The molecular weight excluding hydrogens is 185 g/mol. The van der Waals surface area contributed by atoms with E-state index in [2.05, 4.69) is 4.98 Å². The fraction of sp³-hybridized carbons (Fsp3) is 0.400. The van der Waals surface area contributed by atoms with Crippen molar-refractivity contribution in [2.24, 2.45) is 5.92 Å². The van der Waals surface area contributed by atoms with Crippen molar-refractivity contribution in [3.05, 3.63) is 29.8 Å². The van der Waals surface area contributed by atoms with Gasteiger partial charge in [-0.15, -0.1) is 0 Å². The minimum atomic E-state index is -0.661. The summed E-state index contributed by atoms with van der Waals surface area (Å²) in [6.45, 7) is 0.447. The van der Waals surface area contributed by atoms with E-state index in [1.165, 1.54) is 12.3 Å². The van der Waals surface area contributed by atoms with Crippen LogP contribution in [0, 0.1) is 11.9 Å². The number of hydrogen-bond acceptors (Lipinski definition) is 3. The molecule has 1 heterocycles. The third-order valence-corrected chi connectivity index (χ3v) is 2.11. The van der Waals surface area contributed by atoms with Gasteiger partial charge in [0.1, 0.15) is 0 Å². The molecule has 0 saturated heterocycles. The van der Waals surface area contributed by atoms with Crippen LogP contribution in [0.4, 0.5) is 4.39 Å². The minimum Gasteiger partial charge on any atom is -0.462 e. The minimum absolute atomic E-state index is 0.221. The monoisotopic (exact) mass is 195 g/mol. The average molecular weight is 195 g/mol. The van der Waals surface area contributed by atoms with E-state index >= 15 is 0 Å². The van der Waals surface area contributed by atoms with Gasteiger partial charge in [0.15, 0.2) is 0 Å². The molecule has 0 spiro atoms. The summed E-state index contributed by atoms with van der Waals surface area (Å²) in [5.74, 6) is -0.616. The highest BCUT2D eigenvalue weighted by atomic mass is 19.1. The largest absolute Gasteiger partial charge is 0.462 e. The maximum Gasteiger partial charge on any atom is 0.338 e. The summed E-state index contributed by atoms with van der Waals surface area (Å²) in [5.41, 5.74) is 0.221. The van der Waals surface area contributed by atoms with Gasteiger partial charge in [0.05, 0.1) is 12.2 Å². The van der Waals surface area contributed by atoms with Crippen LogP contribution in [0.25, 0.3) is 0 Å². The Morgan fingerprint density at radius 2 is 2.43 bits per heavy atom. The smallest absolute Gasteiger partial charge is 0.338 e. The molecule has 0 bridgehead atoms. The molecule has 74 valence electrons. The zero-order chi connectivity index (χ0) is 9.97. The summed E-state index contributed by atoms with van der Waals surface area (Å²) in [6, 6.07) is 2.52. The van der Waals surface area contributed by atoms with Crippen molar-refractivity contribution in [2.45, 2.75) is 12.8 Å². The van der Waals surface area contributed by atoms with Gasteiger partial charge < -0.3 is 4.74 Å². The second-order valence-corrected chi connectivity index (χ2v) is 3.41. The molecule has 1 aliphatic rings. The predicted molar refractivity (Wildman–Crippen MR) is 47.2 cm³/mol. The molecule has 0 aromatic carbocycles. The van der Waals surface area contributed by atoms with Crippen LogP contribution >= 0.6 is 0 Å². The van der Waals surface area contributed by atoms with Crippen LogP contribution in [0.3, 0.4) is 0 Å². The molecule has 4 heteroatoms. The van der Waals surface area contributed by atoms with Crippen LogP contribution in [-0.4, -0.2) is 17.6 Å². The first-order valence-corrected chi connectivity index (χ1v) is 4.54. The van der Waals surface area contributed by atoms with E-state index in [9.17, 15) is 9.18 Å². The van der Waals surface area contributed by atoms with Gasteiger partial charge in [-0.05, 0) is 24.8 Å². The second kappa shape index (κ2) is 3.74. The van der Waals surface area contributed by atoms with Crippen LogP contribution in [0.15, 0.2) is 18.3 Å². The molecule has 3 nitrogen and oxygen atoms in total. The molecule has 0 radical (unpaired) electrons. The van der Waals surface area contributed by atoms with E-state index in [-0.39, 0.29) is 5.56 Å². The molecule has 0 N–H and O–H groups in total. The maximum atomic E-state index is 12.6. The lowest BCUT2D eigenvalue weighted by Gasteiger charge is -2.02. The summed E-state index contributed by atoms with van der Waals surface area (Å²) >= 11 is 0.